The Bertz CT molecular complexity index is 1070. The lowest BCUT2D eigenvalue weighted by molar-refractivity contribution is -0.215. The first-order valence-electron chi connectivity index (χ1n) is 9.75. The molecule has 2 aromatic carbocycles. The van der Waals surface area contributed by atoms with Crippen LogP contribution in [0.15, 0.2) is 42.5 Å². The molecular formula is C21H18F6N4O3. The molecule has 1 fully saturated rings. The molecule has 1 aliphatic heterocycles. The van der Waals surface area contributed by atoms with Crippen LogP contribution in [0.4, 0.5) is 37.7 Å². The van der Waals surface area contributed by atoms with Gasteiger partial charge < -0.3 is 25.4 Å². The highest BCUT2D eigenvalue weighted by atomic mass is 19.4. The minimum atomic E-state index is -4.92. The van der Waals surface area contributed by atoms with Gasteiger partial charge in [-0.25, -0.2) is 0 Å². The summed E-state index contributed by atoms with van der Waals surface area (Å²) >= 11 is 0. The Morgan fingerprint density at radius 1 is 1.18 bits per heavy atom. The molecule has 1 aliphatic rings. The summed E-state index contributed by atoms with van der Waals surface area (Å²) in [6.45, 7) is -0.935. The van der Waals surface area contributed by atoms with Gasteiger partial charge in [0.05, 0.1) is 30.3 Å². The van der Waals surface area contributed by atoms with Crippen molar-refractivity contribution in [2.75, 3.05) is 29.9 Å². The molecule has 3 rings (SSSR count). The predicted molar refractivity (Wildman–Crippen MR) is 108 cm³/mol. The molecule has 0 saturated carbocycles. The zero-order valence-corrected chi connectivity index (χ0v) is 17.3. The number of nitrogens with two attached hydrogens (primary N) is 1. The van der Waals surface area contributed by atoms with Gasteiger partial charge in [0.15, 0.2) is 0 Å². The van der Waals surface area contributed by atoms with Crippen LogP contribution in [0.1, 0.15) is 11.1 Å². The van der Waals surface area contributed by atoms with Gasteiger partial charge in [-0.2, -0.15) is 31.6 Å². The topological polar surface area (TPSA) is 101 Å². The molecule has 1 saturated heterocycles. The third-order valence-electron chi connectivity index (χ3n) is 4.80. The molecular weight excluding hydrogens is 470 g/mol. The van der Waals surface area contributed by atoms with Gasteiger partial charge >= 0.3 is 12.4 Å². The maximum atomic E-state index is 13.6. The van der Waals surface area contributed by atoms with E-state index in [4.69, 9.17) is 20.5 Å². The largest absolute Gasteiger partial charge is 0.491 e. The number of rotatable bonds is 6. The fourth-order valence-electron chi connectivity index (χ4n) is 3.28. The van der Waals surface area contributed by atoms with Gasteiger partial charge in [-0.1, -0.05) is 0 Å². The first-order valence-corrected chi connectivity index (χ1v) is 9.75. The van der Waals surface area contributed by atoms with E-state index in [1.165, 1.54) is 30.3 Å². The highest BCUT2D eigenvalue weighted by Gasteiger charge is 2.51. The number of nitriles is 1. The predicted octanol–water partition coefficient (Wildman–Crippen LogP) is 3.65. The van der Waals surface area contributed by atoms with Crippen molar-refractivity contribution in [1.29, 1.82) is 5.26 Å². The lowest BCUT2D eigenvalue weighted by Gasteiger charge is -2.27. The first-order chi connectivity index (χ1) is 15.9. The van der Waals surface area contributed by atoms with E-state index in [0.717, 1.165) is 12.1 Å². The third-order valence-corrected chi connectivity index (χ3v) is 4.80. The van der Waals surface area contributed by atoms with Crippen LogP contribution in [0, 0.1) is 11.3 Å². The monoisotopic (exact) mass is 488 g/mol. The summed E-state index contributed by atoms with van der Waals surface area (Å²) in [4.78, 5) is 11.9. The first kappa shape index (κ1) is 25.1. The second-order valence-electron chi connectivity index (χ2n) is 7.23. The van der Waals surface area contributed by atoms with Gasteiger partial charge in [-0.05, 0) is 42.5 Å². The van der Waals surface area contributed by atoms with Crippen LogP contribution in [0.25, 0.3) is 0 Å². The van der Waals surface area contributed by atoms with Crippen LogP contribution in [0.5, 0.6) is 5.75 Å². The molecule has 3 N–H and O–H groups in total. The summed E-state index contributed by atoms with van der Waals surface area (Å²) < 4.78 is 91.0. The van der Waals surface area contributed by atoms with Gasteiger partial charge in [0.2, 0.25) is 12.1 Å². The minimum absolute atomic E-state index is 0.210. The Hall–Kier alpha value is -3.50. The zero-order valence-electron chi connectivity index (χ0n) is 17.3. The van der Waals surface area contributed by atoms with E-state index in [-0.39, 0.29) is 18.9 Å². The van der Waals surface area contributed by atoms with Crippen LogP contribution < -0.4 is 20.7 Å². The fraction of sp³-hybridized carbons (Fsp3) is 0.333. The molecule has 1 heterocycles. The average molecular weight is 488 g/mol. The van der Waals surface area contributed by atoms with Crippen LogP contribution in [-0.2, 0) is 15.7 Å². The second-order valence-corrected chi connectivity index (χ2v) is 7.23. The Morgan fingerprint density at radius 3 is 2.41 bits per heavy atom. The summed E-state index contributed by atoms with van der Waals surface area (Å²) in [5.41, 5.74) is 3.20. The Labute approximate surface area is 189 Å². The molecule has 0 unspecified atom stereocenters. The maximum Gasteiger partial charge on any atom is 0.433 e. The average Bonchev–Trinajstić information content (AvgIpc) is 3.22. The van der Waals surface area contributed by atoms with Crippen molar-refractivity contribution in [3.63, 3.8) is 0 Å². The standard InChI is InChI=1S/C21H18F6N4O3/c22-20(23,24)17-7-14(4-1-12(17)8-28)31-10-16(34-19(31)21(25,26)27)11-33-15-5-2-13(3-6-15)30-18(32)9-29/h1-7,16,19H,9-11,29H2,(H,30,32)/t16-,19+/m0/s1. The number of amides is 1. The van der Waals surface area contributed by atoms with Gasteiger partial charge in [-0.3, -0.25) is 4.79 Å². The number of benzene rings is 2. The molecule has 0 aromatic heterocycles. The summed E-state index contributed by atoms with van der Waals surface area (Å²) in [5, 5.41) is 11.4. The molecule has 34 heavy (non-hydrogen) atoms. The van der Waals surface area contributed by atoms with Gasteiger partial charge in [-0.15, -0.1) is 0 Å². The highest BCUT2D eigenvalue weighted by molar-refractivity contribution is 5.92. The smallest absolute Gasteiger partial charge is 0.433 e. The van der Waals surface area contributed by atoms with Crippen molar-refractivity contribution in [1.82, 2.24) is 0 Å². The zero-order chi connectivity index (χ0) is 25.1. The van der Waals surface area contributed by atoms with Gasteiger partial charge in [0.25, 0.3) is 0 Å². The van der Waals surface area contributed by atoms with Gasteiger partial charge in [0, 0.05) is 11.4 Å². The number of anilines is 2. The Kier molecular flexibility index (Phi) is 7.23. The van der Waals surface area contributed by atoms with Crippen LogP contribution in [-0.4, -0.2) is 44.1 Å². The molecule has 1 amide bonds. The van der Waals surface area contributed by atoms with Crippen molar-refractivity contribution in [2.45, 2.75) is 24.7 Å². The molecule has 0 aliphatic carbocycles. The molecule has 7 nitrogen and oxygen atoms in total. The summed E-state index contributed by atoms with van der Waals surface area (Å²) in [6.07, 6.45) is -13.4. The number of halogens is 6. The van der Waals surface area contributed by atoms with Crippen LogP contribution >= 0.6 is 0 Å². The number of carbonyl (C=O) groups excluding carboxylic acids is 1. The van der Waals surface area contributed by atoms with Crippen LogP contribution in [0.2, 0.25) is 0 Å². The number of hydrogen-bond acceptors (Lipinski definition) is 6. The van der Waals surface area contributed by atoms with Gasteiger partial charge in [0.1, 0.15) is 18.5 Å². The molecule has 2 atom stereocenters. The molecule has 0 spiro atoms. The number of carbonyl (C=O) groups is 1. The summed E-state index contributed by atoms with van der Waals surface area (Å²) in [7, 11) is 0. The van der Waals surface area contributed by atoms with Crippen molar-refractivity contribution in [3.05, 3.63) is 53.6 Å². The summed E-state index contributed by atoms with van der Waals surface area (Å²) in [5.74, 6) is -0.142. The quantitative estimate of drug-likeness (QED) is 0.603. The van der Waals surface area contributed by atoms with E-state index in [0.29, 0.717) is 16.7 Å². The number of nitrogens with zero attached hydrogens (tertiary/aromatic N) is 2. The van der Waals surface area contributed by atoms with E-state index in [1.807, 2.05) is 0 Å². The number of nitrogens with one attached hydrogen (secondary N) is 1. The van der Waals surface area contributed by atoms with Crippen molar-refractivity contribution in [3.8, 4) is 11.8 Å². The fourth-order valence-corrected chi connectivity index (χ4v) is 3.28. The molecule has 0 bridgehead atoms. The number of ether oxygens (including phenoxy) is 2. The Morgan fingerprint density at radius 2 is 1.85 bits per heavy atom. The van der Waals surface area contributed by atoms with Crippen molar-refractivity contribution in [2.24, 2.45) is 5.73 Å². The third kappa shape index (κ3) is 5.89. The lowest BCUT2D eigenvalue weighted by Crippen LogP contribution is -2.42. The molecule has 13 heteroatoms. The molecule has 2 aromatic rings. The molecule has 182 valence electrons. The van der Waals surface area contributed by atoms with E-state index in [9.17, 15) is 31.1 Å². The van der Waals surface area contributed by atoms with E-state index >= 15 is 0 Å². The second kappa shape index (κ2) is 9.78. The maximum absolute atomic E-state index is 13.6. The van der Waals surface area contributed by atoms with Crippen molar-refractivity contribution < 1.29 is 40.6 Å². The van der Waals surface area contributed by atoms with E-state index < -0.39 is 54.0 Å². The minimum Gasteiger partial charge on any atom is -0.491 e. The summed E-state index contributed by atoms with van der Waals surface area (Å²) in [6, 6.07) is 9.64. The van der Waals surface area contributed by atoms with E-state index in [2.05, 4.69) is 5.32 Å². The van der Waals surface area contributed by atoms with E-state index in [1.54, 1.807) is 0 Å². The SMILES string of the molecule is N#Cc1ccc(N2C[C@@H](COc3ccc(NC(=O)CN)cc3)O[C@@H]2C(F)(F)F)cc1C(F)(F)F. The normalized spacial score (nSPS) is 18.5. The molecule has 0 radical (unpaired) electrons. The van der Waals surface area contributed by atoms with Crippen molar-refractivity contribution >= 4 is 17.3 Å². The Balaban J connectivity index is 1.75. The lowest BCUT2D eigenvalue weighted by atomic mass is 10.1. The number of hydrogen-bond donors (Lipinski definition) is 2. The number of alkyl halides is 6. The van der Waals surface area contributed by atoms with Crippen LogP contribution in [0.3, 0.4) is 0 Å². The highest BCUT2D eigenvalue weighted by Crippen LogP contribution is 2.39.